The zero-order chi connectivity index (χ0) is 19.3. The smallest absolute Gasteiger partial charge is 0.406 e. The molecule has 3 atom stereocenters. The summed E-state index contributed by atoms with van der Waals surface area (Å²) in [6.07, 6.45) is -4.58. The van der Waals surface area contributed by atoms with Gasteiger partial charge in [-0.2, -0.15) is 0 Å². The van der Waals surface area contributed by atoms with Crippen LogP contribution in [0.25, 0.3) is 0 Å². The highest BCUT2D eigenvalue weighted by atomic mass is 32.2. The van der Waals surface area contributed by atoms with E-state index in [0.717, 1.165) is 17.1 Å². The lowest BCUT2D eigenvalue weighted by atomic mass is 10.1. The molecule has 0 amide bonds. The minimum Gasteiger partial charge on any atom is -0.406 e. The molecule has 0 aromatic heterocycles. The van der Waals surface area contributed by atoms with Crippen molar-refractivity contribution in [1.29, 1.82) is 0 Å². The largest absolute Gasteiger partial charge is 0.573 e. The number of benzene rings is 1. The third-order valence-corrected chi connectivity index (χ3v) is 8.52. The van der Waals surface area contributed by atoms with Crippen molar-refractivity contribution in [3.05, 3.63) is 29.8 Å². The molecule has 2 fully saturated rings. The molecule has 2 aliphatic rings. The van der Waals surface area contributed by atoms with E-state index in [1.54, 1.807) is 12.1 Å². The molecule has 0 aliphatic carbocycles. The SMILES string of the molecule is CC(C1OC1c1ccc(OC(F)(F)F)cc1)[SH]1CC(C)(C)OC(C)(C)C1. The van der Waals surface area contributed by atoms with Crippen LogP contribution in [0.5, 0.6) is 5.75 Å². The average Bonchev–Trinajstić information content (AvgIpc) is 3.22. The number of rotatable bonds is 4. The zero-order valence-corrected chi connectivity index (χ0v) is 16.7. The molecule has 1 aromatic carbocycles. The summed E-state index contributed by atoms with van der Waals surface area (Å²) in [6, 6.07) is 6.00. The molecule has 0 N–H and O–H groups in total. The minimum atomic E-state index is -4.67. The van der Waals surface area contributed by atoms with Gasteiger partial charge < -0.3 is 14.2 Å². The summed E-state index contributed by atoms with van der Waals surface area (Å²) in [4.78, 5) is 0. The molecule has 26 heavy (non-hydrogen) atoms. The number of thiol groups is 1. The van der Waals surface area contributed by atoms with Crippen LogP contribution in [0.3, 0.4) is 0 Å². The monoisotopic (exact) mass is 392 g/mol. The molecule has 0 bridgehead atoms. The lowest BCUT2D eigenvalue weighted by molar-refractivity contribution is -0.274. The molecule has 1 aromatic rings. The first-order valence-electron chi connectivity index (χ1n) is 8.81. The fraction of sp³-hybridized carbons (Fsp3) is 0.684. The van der Waals surface area contributed by atoms with Gasteiger partial charge in [0, 0.05) is 16.8 Å². The lowest BCUT2D eigenvalue weighted by Crippen LogP contribution is -2.49. The molecule has 148 valence electrons. The third-order valence-electron chi connectivity index (χ3n) is 4.74. The minimum absolute atomic E-state index is 0.0403. The predicted molar refractivity (Wildman–Crippen MR) is 98.2 cm³/mol. The third kappa shape index (κ3) is 4.87. The van der Waals surface area contributed by atoms with E-state index in [9.17, 15) is 13.2 Å². The second-order valence-corrected chi connectivity index (χ2v) is 11.0. The van der Waals surface area contributed by atoms with E-state index >= 15 is 0 Å². The Labute approximate surface area is 155 Å². The Balaban J connectivity index is 1.63. The molecular weight excluding hydrogens is 365 g/mol. The molecule has 2 saturated heterocycles. The summed E-state index contributed by atoms with van der Waals surface area (Å²) in [5.41, 5.74) is 0.629. The lowest BCUT2D eigenvalue weighted by Gasteiger charge is -2.49. The Kier molecular flexibility index (Phi) is 5.04. The van der Waals surface area contributed by atoms with E-state index in [1.165, 1.54) is 12.1 Å². The summed E-state index contributed by atoms with van der Waals surface area (Å²) >= 11 is 0. The van der Waals surface area contributed by atoms with Crippen LogP contribution in [-0.2, 0) is 9.47 Å². The highest BCUT2D eigenvalue weighted by Gasteiger charge is 2.49. The fourth-order valence-electron chi connectivity index (χ4n) is 3.96. The summed E-state index contributed by atoms with van der Waals surface area (Å²) in [5, 5.41) is 0.420. The fourth-order valence-corrected chi connectivity index (χ4v) is 7.38. The molecule has 3 nitrogen and oxygen atoms in total. The van der Waals surface area contributed by atoms with Gasteiger partial charge in [0.05, 0.1) is 17.3 Å². The maximum Gasteiger partial charge on any atom is 0.573 e. The van der Waals surface area contributed by atoms with Crippen LogP contribution in [0.4, 0.5) is 13.2 Å². The van der Waals surface area contributed by atoms with Crippen molar-refractivity contribution in [2.24, 2.45) is 0 Å². The highest BCUT2D eigenvalue weighted by Crippen LogP contribution is 2.53. The summed E-state index contributed by atoms with van der Waals surface area (Å²) in [7, 11) is -0.251. The predicted octanol–water partition coefficient (Wildman–Crippen LogP) is 5.00. The quantitative estimate of drug-likeness (QED) is 0.578. The molecule has 3 unspecified atom stereocenters. The molecule has 0 radical (unpaired) electrons. The Bertz CT molecular complexity index is 626. The Morgan fingerprint density at radius 2 is 1.62 bits per heavy atom. The second kappa shape index (κ2) is 6.60. The molecule has 3 rings (SSSR count). The van der Waals surface area contributed by atoms with Gasteiger partial charge in [0.1, 0.15) is 11.9 Å². The topological polar surface area (TPSA) is 31.0 Å². The number of ether oxygens (including phenoxy) is 3. The van der Waals surface area contributed by atoms with Gasteiger partial charge in [-0.1, -0.05) is 19.1 Å². The van der Waals surface area contributed by atoms with Crippen LogP contribution in [-0.4, -0.2) is 40.4 Å². The average molecular weight is 392 g/mol. The first-order chi connectivity index (χ1) is 11.9. The second-order valence-electron chi connectivity index (χ2n) is 8.41. The van der Waals surface area contributed by atoms with Crippen molar-refractivity contribution in [3.8, 4) is 5.75 Å². The Morgan fingerprint density at radius 3 is 2.12 bits per heavy atom. The highest BCUT2D eigenvalue weighted by molar-refractivity contribution is 8.17. The van der Waals surface area contributed by atoms with Gasteiger partial charge in [-0.15, -0.1) is 13.2 Å². The summed E-state index contributed by atoms with van der Waals surface area (Å²) in [5.74, 6) is 1.87. The van der Waals surface area contributed by atoms with Gasteiger partial charge in [0.2, 0.25) is 0 Å². The van der Waals surface area contributed by atoms with E-state index in [-0.39, 0.29) is 40.1 Å². The number of alkyl halides is 3. The van der Waals surface area contributed by atoms with Crippen LogP contribution in [0.15, 0.2) is 24.3 Å². The van der Waals surface area contributed by atoms with E-state index in [1.807, 2.05) is 0 Å². The van der Waals surface area contributed by atoms with Gasteiger partial charge in [-0.3, -0.25) is 0 Å². The van der Waals surface area contributed by atoms with Crippen molar-refractivity contribution >= 4 is 10.9 Å². The molecule has 2 aliphatic heterocycles. The summed E-state index contributed by atoms with van der Waals surface area (Å²) < 4.78 is 52.8. The normalized spacial score (nSPS) is 29.9. The maximum absolute atomic E-state index is 12.3. The van der Waals surface area contributed by atoms with Crippen LogP contribution >= 0.6 is 10.9 Å². The molecule has 0 spiro atoms. The standard InChI is InChI=1S/C19H27F3O3S/c1-12(26-10-17(2,3)25-18(4,5)11-26)15-16(23-15)13-6-8-14(9-7-13)24-19(20,21)22/h6-9,12,15-16,26H,10-11H2,1-5H3. The van der Waals surface area contributed by atoms with Crippen molar-refractivity contribution in [2.45, 2.75) is 69.6 Å². The summed E-state index contributed by atoms with van der Waals surface area (Å²) in [6.45, 7) is 10.8. The van der Waals surface area contributed by atoms with Crippen LogP contribution in [0.1, 0.15) is 46.3 Å². The number of hydrogen-bond acceptors (Lipinski definition) is 3. The Hall–Kier alpha value is -0.920. The zero-order valence-electron chi connectivity index (χ0n) is 15.8. The number of hydrogen-bond donors (Lipinski definition) is 1. The van der Waals surface area contributed by atoms with Crippen molar-refractivity contribution in [3.63, 3.8) is 0 Å². The van der Waals surface area contributed by atoms with E-state index in [4.69, 9.17) is 9.47 Å². The van der Waals surface area contributed by atoms with Gasteiger partial charge in [-0.05, 0) is 45.4 Å². The number of halogens is 3. The molecule has 2 heterocycles. The first-order valence-corrected chi connectivity index (χ1v) is 10.6. The number of epoxide rings is 1. The van der Waals surface area contributed by atoms with Crippen LogP contribution < -0.4 is 4.74 Å². The van der Waals surface area contributed by atoms with Crippen molar-refractivity contribution in [1.82, 2.24) is 0 Å². The van der Waals surface area contributed by atoms with Gasteiger partial charge >= 0.3 is 6.36 Å². The van der Waals surface area contributed by atoms with Crippen molar-refractivity contribution < 1.29 is 27.4 Å². The van der Waals surface area contributed by atoms with Gasteiger partial charge in [0.25, 0.3) is 0 Å². The van der Waals surface area contributed by atoms with Crippen LogP contribution in [0, 0.1) is 0 Å². The van der Waals surface area contributed by atoms with Gasteiger partial charge in [-0.25, -0.2) is 10.9 Å². The Morgan fingerprint density at radius 1 is 1.08 bits per heavy atom. The molecule has 7 heteroatoms. The van der Waals surface area contributed by atoms with E-state index in [2.05, 4.69) is 39.4 Å². The van der Waals surface area contributed by atoms with Gasteiger partial charge in [0.15, 0.2) is 0 Å². The van der Waals surface area contributed by atoms with E-state index in [0.29, 0.717) is 5.25 Å². The van der Waals surface area contributed by atoms with Crippen LogP contribution in [0.2, 0.25) is 0 Å². The maximum atomic E-state index is 12.3. The molecule has 0 saturated carbocycles. The van der Waals surface area contributed by atoms with E-state index < -0.39 is 6.36 Å². The van der Waals surface area contributed by atoms with Crippen molar-refractivity contribution in [2.75, 3.05) is 11.5 Å². The first kappa shape index (κ1) is 19.8. The molecular formula is C19H27F3O3S.